The summed E-state index contributed by atoms with van der Waals surface area (Å²) in [6.07, 6.45) is 2.58. The summed E-state index contributed by atoms with van der Waals surface area (Å²) in [6, 6.07) is 2.62. The number of halogens is 4. The van der Waals surface area contributed by atoms with Crippen molar-refractivity contribution in [1.82, 2.24) is 9.66 Å². The SMILES string of the molecule is Cc1nc2sc3c(c2c(=O)n1NC(=O)c1ccc(COc2c(F)c(F)cc(F)c2F)o1)CCC(C(C)(C)C)C3. The number of nitrogens with one attached hydrogen (secondary N) is 1. The Morgan fingerprint density at radius 3 is 2.56 bits per heavy atom. The maximum atomic E-state index is 13.8. The van der Waals surface area contributed by atoms with E-state index in [1.54, 1.807) is 6.92 Å². The number of aryl methyl sites for hydroxylation is 2. The molecular weight excluding hydrogens is 538 g/mol. The molecule has 1 unspecified atom stereocenters. The van der Waals surface area contributed by atoms with E-state index < -0.39 is 47.1 Å². The Balaban J connectivity index is 1.35. The Kier molecular flexibility index (Phi) is 6.78. The van der Waals surface area contributed by atoms with E-state index >= 15 is 0 Å². The summed E-state index contributed by atoms with van der Waals surface area (Å²) in [5, 5.41) is 0.494. The average Bonchev–Trinajstić information content (AvgIpc) is 3.49. The van der Waals surface area contributed by atoms with Crippen LogP contribution >= 0.6 is 11.3 Å². The monoisotopic (exact) mass is 563 g/mol. The van der Waals surface area contributed by atoms with Gasteiger partial charge in [0.25, 0.3) is 5.56 Å². The van der Waals surface area contributed by atoms with Crippen molar-refractivity contribution in [3.8, 4) is 5.75 Å². The lowest BCUT2D eigenvalue weighted by Gasteiger charge is -2.33. The van der Waals surface area contributed by atoms with Crippen LogP contribution < -0.4 is 15.7 Å². The van der Waals surface area contributed by atoms with Gasteiger partial charge in [-0.25, -0.2) is 18.4 Å². The van der Waals surface area contributed by atoms with E-state index in [9.17, 15) is 27.2 Å². The van der Waals surface area contributed by atoms with E-state index in [1.807, 2.05) is 0 Å². The largest absolute Gasteiger partial charge is 0.479 e. The van der Waals surface area contributed by atoms with Gasteiger partial charge >= 0.3 is 5.91 Å². The maximum absolute atomic E-state index is 13.8. The normalized spacial score (nSPS) is 15.4. The van der Waals surface area contributed by atoms with Gasteiger partial charge in [-0.3, -0.25) is 15.0 Å². The molecule has 1 amide bonds. The minimum Gasteiger partial charge on any atom is -0.479 e. The number of rotatable bonds is 5. The molecular formula is C27H25F4N3O4S. The number of benzene rings is 1. The molecule has 3 aromatic heterocycles. The zero-order valence-electron chi connectivity index (χ0n) is 21.6. The number of furan rings is 1. The molecule has 39 heavy (non-hydrogen) atoms. The van der Waals surface area contributed by atoms with Crippen molar-refractivity contribution in [2.75, 3.05) is 5.43 Å². The first-order valence-electron chi connectivity index (χ1n) is 12.2. The molecule has 1 N–H and O–H groups in total. The zero-order valence-corrected chi connectivity index (χ0v) is 22.4. The van der Waals surface area contributed by atoms with Crippen LogP contribution in [0.4, 0.5) is 17.6 Å². The van der Waals surface area contributed by atoms with Crippen LogP contribution in [0.25, 0.3) is 10.2 Å². The van der Waals surface area contributed by atoms with E-state index in [2.05, 4.69) is 31.2 Å². The molecule has 0 fully saturated rings. The Morgan fingerprint density at radius 1 is 1.21 bits per heavy atom. The number of ether oxygens (including phenoxy) is 1. The number of carbonyl (C=O) groups excluding carboxylic acids is 1. The highest BCUT2D eigenvalue weighted by Crippen LogP contribution is 2.42. The fourth-order valence-corrected chi connectivity index (χ4v) is 6.09. The second-order valence-corrected chi connectivity index (χ2v) is 11.7. The molecule has 1 aliphatic rings. The summed E-state index contributed by atoms with van der Waals surface area (Å²) in [5.74, 6) is -8.16. The third-order valence-electron chi connectivity index (χ3n) is 7.00. The molecule has 0 radical (unpaired) electrons. The molecule has 1 atom stereocenters. The molecule has 206 valence electrons. The summed E-state index contributed by atoms with van der Waals surface area (Å²) < 4.78 is 65.7. The highest BCUT2D eigenvalue weighted by molar-refractivity contribution is 7.18. The number of aromatic nitrogens is 2. The van der Waals surface area contributed by atoms with Gasteiger partial charge < -0.3 is 9.15 Å². The fourth-order valence-electron chi connectivity index (χ4n) is 4.75. The topological polar surface area (TPSA) is 86.4 Å². The van der Waals surface area contributed by atoms with Gasteiger partial charge in [0.1, 0.15) is 23.0 Å². The third-order valence-corrected chi connectivity index (χ3v) is 8.15. The van der Waals surface area contributed by atoms with E-state index in [0.29, 0.717) is 16.1 Å². The van der Waals surface area contributed by atoms with E-state index in [4.69, 9.17) is 9.15 Å². The third kappa shape index (κ3) is 4.93. The summed E-state index contributed by atoms with van der Waals surface area (Å²) in [6.45, 7) is 7.62. The zero-order chi connectivity index (χ0) is 28.2. The van der Waals surface area contributed by atoms with Crippen LogP contribution in [0.1, 0.15) is 59.8 Å². The molecule has 0 bridgehead atoms. The van der Waals surface area contributed by atoms with Crippen LogP contribution in [0.15, 0.2) is 27.4 Å². The highest BCUT2D eigenvalue weighted by Gasteiger charge is 2.32. The van der Waals surface area contributed by atoms with Crippen LogP contribution in [-0.2, 0) is 19.4 Å². The molecule has 1 aliphatic carbocycles. The van der Waals surface area contributed by atoms with Crippen LogP contribution in [-0.4, -0.2) is 15.6 Å². The number of thiophene rings is 1. The molecule has 5 rings (SSSR count). The predicted octanol–water partition coefficient (Wildman–Crippen LogP) is 6.03. The first-order chi connectivity index (χ1) is 18.3. The fraction of sp³-hybridized carbons (Fsp3) is 0.370. The van der Waals surface area contributed by atoms with Crippen molar-refractivity contribution in [3.05, 3.63) is 79.6 Å². The van der Waals surface area contributed by atoms with Gasteiger partial charge in [-0.05, 0) is 55.2 Å². The van der Waals surface area contributed by atoms with Crippen LogP contribution in [0.5, 0.6) is 5.75 Å². The van der Waals surface area contributed by atoms with Crippen molar-refractivity contribution in [1.29, 1.82) is 0 Å². The van der Waals surface area contributed by atoms with Crippen molar-refractivity contribution < 1.29 is 31.5 Å². The number of nitrogens with zero attached hydrogens (tertiary/aromatic N) is 2. The number of carbonyl (C=O) groups is 1. The minimum absolute atomic E-state index is 0.0541. The van der Waals surface area contributed by atoms with Crippen LogP contribution in [0, 0.1) is 41.5 Å². The summed E-state index contributed by atoms with van der Waals surface area (Å²) >= 11 is 1.51. The molecule has 0 saturated heterocycles. The summed E-state index contributed by atoms with van der Waals surface area (Å²) in [5.41, 5.74) is 3.21. The number of hydrogen-bond donors (Lipinski definition) is 1. The quantitative estimate of drug-likeness (QED) is 0.237. The van der Waals surface area contributed by atoms with Crippen molar-refractivity contribution in [3.63, 3.8) is 0 Å². The Labute approximate surface area is 224 Å². The van der Waals surface area contributed by atoms with Crippen molar-refractivity contribution in [2.24, 2.45) is 11.3 Å². The first kappa shape index (κ1) is 26.9. The Morgan fingerprint density at radius 2 is 1.90 bits per heavy atom. The van der Waals surface area contributed by atoms with Crippen molar-refractivity contribution >= 4 is 27.5 Å². The van der Waals surface area contributed by atoms with Gasteiger partial charge in [0.15, 0.2) is 23.1 Å². The average molecular weight is 564 g/mol. The maximum Gasteiger partial charge on any atom is 0.305 e. The number of hydrogen-bond acceptors (Lipinski definition) is 6. The molecule has 0 aliphatic heterocycles. The second-order valence-electron chi connectivity index (χ2n) is 10.6. The first-order valence-corrected chi connectivity index (χ1v) is 13.1. The van der Waals surface area contributed by atoms with E-state index in [1.165, 1.54) is 23.5 Å². The molecule has 0 saturated carbocycles. The Hall–Kier alpha value is -3.67. The summed E-state index contributed by atoms with van der Waals surface area (Å²) in [4.78, 5) is 32.6. The van der Waals surface area contributed by atoms with Gasteiger partial charge in [-0.15, -0.1) is 11.3 Å². The predicted molar refractivity (Wildman–Crippen MR) is 137 cm³/mol. The van der Waals surface area contributed by atoms with Gasteiger partial charge in [0.2, 0.25) is 11.6 Å². The standard InChI is InChI=1S/C27H25F4N3O4S/c1-12-32-25-20(15-7-5-13(27(2,3)4)9-19(15)39-25)26(36)34(12)33-24(35)18-8-6-14(38-18)11-37-23-21(30)16(28)10-17(29)22(23)31/h6,8,10,13H,5,7,9,11H2,1-4H3,(H,33,35). The van der Waals surface area contributed by atoms with E-state index in [0.717, 1.165) is 34.4 Å². The Bertz CT molecular complexity index is 1640. The smallest absolute Gasteiger partial charge is 0.305 e. The van der Waals surface area contributed by atoms with Crippen LogP contribution in [0.3, 0.4) is 0 Å². The van der Waals surface area contributed by atoms with Gasteiger partial charge in [0, 0.05) is 10.9 Å². The molecule has 3 heterocycles. The molecule has 1 aromatic carbocycles. The number of amides is 1. The summed E-state index contributed by atoms with van der Waals surface area (Å²) in [7, 11) is 0. The van der Waals surface area contributed by atoms with E-state index in [-0.39, 0.29) is 28.8 Å². The van der Waals surface area contributed by atoms with Crippen molar-refractivity contribution in [2.45, 2.75) is 53.6 Å². The minimum atomic E-state index is -1.69. The lowest BCUT2D eigenvalue weighted by Crippen LogP contribution is -2.35. The molecule has 7 nitrogen and oxygen atoms in total. The number of fused-ring (bicyclic) bond motifs is 3. The molecule has 0 spiro atoms. The molecule has 4 aromatic rings. The van der Waals surface area contributed by atoms with Gasteiger partial charge in [-0.1, -0.05) is 20.8 Å². The second kappa shape index (κ2) is 9.82. The molecule has 12 heteroatoms. The van der Waals surface area contributed by atoms with Crippen LogP contribution in [0.2, 0.25) is 0 Å². The highest BCUT2D eigenvalue weighted by atomic mass is 32.1. The lowest BCUT2D eigenvalue weighted by molar-refractivity contribution is 0.0975. The lowest BCUT2D eigenvalue weighted by atomic mass is 9.72. The van der Waals surface area contributed by atoms with Gasteiger partial charge in [0.05, 0.1) is 5.39 Å². The van der Waals surface area contributed by atoms with Gasteiger partial charge in [-0.2, -0.15) is 8.78 Å².